The lowest BCUT2D eigenvalue weighted by atomic mass is 10.2. The molecule has 2 N–H and O–H groups in total. The third-order valence-electron chi connectivity index (χ3n) is 1.57. The molecule has 1 atom stereocenters. The number of hydrogen-bond donors (Lipinski definition) is 2. The van der Waals surface area contributed by atoms with E-state index in [1.165, 1.54) is 5.69 Å². The summed E-state index contributed by atoms with van der Waals surface area (Å²) in [5, 5.41) is 3.16. The highest BCUT2D eigenvalue weighted by molar-refractivity contribution is 4.96. The predicted octanol–water partition coefficient (Wildman–Crippen LogP) is 0.560. The minimum Gasteiger partial charge on any atom is -0.348 e. The van der Waals surface area contributed by atoms with Gasteiger partial charge in [-0.05, 0) is 14.0 Å². The third kappa shape index (κ3) is 1.84. The van der Waals surface area contributed by atoms with E-state index in [0.717, 1.165) is 6.42 Å². The van der Waals surface area contributed by atoms with Gasteiger partial charge < -0.3 is 10.3 Å². The number of imidazole rings is 1. The lowest BCUT2D eigenvalue weighted by Crippen LogP contribution is -2.23. The van der Waals surface area contributed by atoms with E-state index in [1.807, 2.05) is 13.2 Å². The summed E-state index contributed by atoms with van der Waals surface area (Å²) in [6.45, 7) is 2.14. The average molecular weight is 139 g/mol. The molecule has 0 spiro atoms. The SMILES string of the molecule is CN[C@@H](C)Cc1cnc[nH]1. The van der Waals surface area contributed by atoms with Crippen molar-refractivity contribution < 1.29 is 0 Å². The maximum Gasteiger partial charge on any atom is 0.0921 e. The van der Waals surface area contributed by atoms with Gasteiger partial charge in [-0.2, -0.15) is 0 Å². The van der Waals surface area contributed by atoms with Gasteiger partial charge in [0.15, 0.2) is 0 Å². The van der Waals surface area contributed by atoms with Gasteiger partial charge >= 0.3 is 0 Å². The molecule has 3 heteroatoms. The summed E-state index contributed by atoms with van der Waals surface area (Å²) in [4.78, 5) is 6.98. The summed E-state index contributed by atoms with van der Waals surface area (Å²) >= 11 is 0. The topological polar surface area (TPSA) is 40.7 Å². The number of aromatic amines is 1. The number of nitrogens with zero attached hydrogens (tertiary/aromatic N) is 1. The molecule has 0 saturated heterocycles. The van der Waals surface area contributed by atoms with Crippen molar-refractivity contribution in [3.8, 4) is 0 Å². The molecule has 0 saturated carbocycles. The van der Waals surface area contributed by atoms with Gasteiger partial charge in [0.2, 0.25) is 0 Å². The van der Waals surface area contributed by atoms with Crippen LogP contribution < -0.4 is 5.32 Å². The third-order valence-corrected chi connectivity index (χ3v) is 1.57. The molecule has 0 aromatic carbocycles. The van der Waals surface area contributed by atoms with Crippen LogP contribution in [-0.2, 0) is 6.42 Å². The van der Waals surface area contributed by atoms with Crippen LogP contribution in [0.4, 0.5) is 0 Å². The first-order valence-electron chi connectivity index (χ1n) is 3.47. The van der Waals surface area contributed by atoms with Crippen molar-refractivity contribution >= 4 is 0 Å². The van der Waals surface area contributed by atoms with Crippen LogP contribution in [0.3, 0.4) is 0 Å². The van der Waals surface area contributed by atoms with E-state index in [0.29, 0.717) is 6.04 Å². The Kier molecular flexibility index (Phi) is 2.45. The van der Waals surface area contributed by atoms with Crippen molar-refractivity contribution in [2.45, 2.75) is 19.4 Å². The van der Waals surface area contributed by atoms with Gasteiger partial charge in [0.1, 0.15) is 0 Å². The van der Waals surface area contributed by atoms with Crippen LogP contribution in [0.15, 0.2) is 12.5 Å². The molecule has 1 rings (SSSR count). The van der Waals surface area contributed by atoms with E-state index in [-0.39, 0.29) is 0 Å². The second-order valence-electron chi connectivity index (χ2n) is 2.47. The summed E-state index contributed by atoms with van der Waals surface area (Å²) in [7, 11) is 1.96. The van der Waals surface area contributed by atoms with E-state index in [4.69, 9.17) is 0 Å². The molecule has 0 unspecified atom stereocenters. The van der Waals surface area contributed by atoms with Crippen LogP contribution in [0.25, 0.3) is 0 Å². The van der Waals surface area contributed by atoms with Gasteiger partial charge in [-0.15, -0.1) is 0 Å². The van der Waals surface area contributed by atoms with Gasteiger partial charge in [0.05, 0.1) is 6.33 Å². The van der Waals surface area contributed by atoms with Crippen molar-refractivity contribution in [3.05, 3.63) is 18.2 Å². The predicted molar refractivity (Wildman–Crippen MR) is 40.8 cm³/mol. The minimum atomic E-state index is 0.514. The molecule has 0 aliphatic carbocycles. The number of likely N-dealkylation sites (N-methyl/N-ethyl adjacent to an activating group) is 1. The monoisotopic (exact) mass is 139 g/mol. The molecule has 0 aliphatic rings. The Morgan fingerprint density at radius 1 is 1.80 bits per heavy atom. The average Bonchev–Trinajstić information content (AvgIpc) is 2.40. The summed E-state index contributed by atoms with van der Waals surface area (Å²) < 4.78 is 0. The normalized spacial score (nSPS) is 13.4. The molecular weight excluding hydrogens is 126 g/mol. The van der Waals surface area contributed by atoms with Crippen molar-refractivity contribution in [3.63, 3.8) is 0 Å². The summed E-state index contributed by atoms with van der Waals surface area (Å²) in [5.74, 6) is 0. The van der Waals surface area contributed by atoms with Gasteiger partial charge in [0, 0.05) is 24.4 Å². The largest absolute Gasteiger partial charge is 0.348 e. The second kappa shape index (κ2) is 3.37. The first-order chi connectivity index (χ1) is 4.83. The highest BCUT2D eigenvalue weighted by atomic mass is 14.9. The number of rotatable bonds is 3. The number of aromatic nitrogens is 2. The number of H-pyrrole nitrogens is 1. The molecule has 0 amide bonds. The van der Waals surface area contributed by atoms with Crippen molar-refractivity contribution in [1.29, 1.82) is 0 Å². The number of nitrogens with one attached hydrogen (secondary N) is 2. The maximum atomic E-state index is 3.93. The highest BCUT2D eigenvalue weighted by Crippen LogP contribution is 1.95. The number of hydrogen-bond acceptors (Lipinski definition) is 2. The molecule has 0 fully saturated rings. The van der Waals surface area contributed by atoms with E-state index in [9.17, 15) is 0 Å². The van der Waals surface area contributed by atoms with Crippen LogP contribution in [-0.4, -0.2) is 23.1 Å². The fourth-order valence-electron chi connectivity index (χ4n) is 0.828. The molecule has 0 aliphatic heterocycles. The first-order valence-corrected chi connectivity index (χ1v) is 3.47. The Labute approximate surface area is 60.9 Å². The smallest absolute Gasteiger partial charge is 0.0921 e. The van der Waals surface area contributed by atoms with Crippen LogP contribution in [0, 0.1) is 0 Å². The summed E-state index contributed by atoms with van der Waals surface area (Å²) in [5.41, 5.74) is 1.18. The molecule has 0 radical (unpaired) electrons. The van der Waals surface area contributed by atoms with Crippen LogP contribution >= 0.6 is 0 Å². The molecule has 1 heterocycles. The Morgan fingerprint density at radius 2 is 2.60 bits per heavy atom. The lowest BCUT2D eigenvalue weighted by Gasteiger charge is -2.06. The fourth-order valence-corrected chi connectivity index (χ4v) is 0.828. The maximum absolute atomic E-state index is 3.93. The summed E-state index contributed by atoms with van der Waals surface area (Å²) in [6.07, 6.45) is 4.57. The van der Waals surface area contributed by atoms with Crippen LogP contribution in [0.2, 0.25) is 0 Å². The van der Waals surface area contributed by atoms with Crippen LogP contribution in [0.5, 0.6) is 0 Å². The van der Waals surface area contributed by atoms with Gasteiger partial charge in [-0.3, -0.25) is 0 Å². The Hall–Kier alpha value is -0.830. The van der Waals surface area contributed by atoms with E-state index >= 15 is 0 Å². The van der Waals surface area contributed by atoms with Crippen LogP contribution in [0.1, 0.15) is 12.6 Å². The zero-order valence-electron chi connectivity index (χ0n) is 6.39. The Morgan fingerprint density at radius 3 is 3.10 bits per heavy atom. The van der Waals surface area contributed by atoms with Gasteiger partial charge in [-0.25, -0.2) is 4.98 Å². The molecule has 10 heavy (non-hydrogen) atoms. The molecule has 1 aromatic rings. The van der Waals surface area contributed by atoms with E-state index in [2.05, 4.69) is 22.2 Å². The van der Waals surface area contributed by atoms with Crippen molar-refractivity contribution in [1.82, 2.24) is 15.3 Å². The lowest BCUT2D eigenvalue weighted by molar-refractivity contribution is 0.602. The zero-order valence-corrected chi connectivity index (χ0v) is 6.39. The molecule has 1 aromatic heterocycles. The Balaban J connectivity index is 2.40. The summed E-state index contributed by atoms with van der Waals surface area (Å²) in [6, 6.07) is 0.514. The van der Waals surface area contributed by atoms with Crippen molar-refractivity contribution in [2.24, 2.45) is 0 Å². The molecule has 56 valence electrons. The highest BCUT2D eigenvalue weighted by Gasteiger charge is 1.99. The quantitative estimate of drug-likeness (QED) is 0.642. The fraction of sp³-hybridized carbons (Fsp3) is 0.571. The van der Waals surface area contributed by atoms with Crippen molar-refractivity contribution in [2.75, 3.05) is 7.05 Å². The Bertz CT molecular complexity index is 169. The zero-order chi connectivity index (χ0) is 7.40. The van der Waals surface area contributed by atoms with E-state index in [1.54, 1.807) is 6.33 Å². The standard InChI is InChI=1S/C7H13N3/c1-6(8-2)3-7-4-9-5-10-7/h4-6,8H,3H2,1-2H3,(H,9,10)/t6-/m0/s1. The molecule has 3 nitrogen and oxygen atoms in total. The molecular formula is C7H13N3. The second-order valence-corrected chi connectivity index (χ2v) is 2.47. The van der Waals surface area contributed by atoms with Gasteiger partial charge in [-0.1, -0.05) is 0 Å². The minimum absolute atomic E-state index is 0.514. The molecule has 0 bridgehead atoms. The van der Waals surface area contributed by atoms with Gasteiger partial charge in [0.25, 0.3) is 0 Å². The van der Waals surface area contributed by atoms with E-state index < -0.39 is 0 Å². The first kappa shape index (κ1) is 7.28.